The second-order valence-electron chi connectivity index (χ2n) is 5.11. The number of nitrogens with zero attached hydrogens (tertiary/aromatic N) is 2. The van der Waals surface area contributed by atoms with Gasteiger partial charge in [-0.2, -0.15) is 0 Å². The maximum Gasteiger partial charge on any atom is 0.313 e. The summed E-state index contributed by atoms with van der Waals surface area (Å²) < 4.78 is 10.2. The summed E-state index contributed by atoms with van der Waals surface area (Å²) in [5.74, 6) is -0.915. The summed E-state index contributed by atoms with van der Waals surface area (Å²) in [6, 6.07) is 3.23. The lowest BCUT2D eigenvalue weighted by molar-refractivity contribution is -0.136. The highest BCUT2D eigenvalue weighted by molar-refractivity contribution is 6.39. The average molecular weight is 322 g/mol. The first-order chi connectivity index (χ1) is 11.2. The molecular formula is C15H22N4O4. The summed E-state index contributed by atoms with van der Waals surface area (Å²) in [6.45, 7) is 4.69. The van der Waals surface area contributed by atoms with Gasteiger partial charge in [0.15, 0.2) is 0 Å². The molecule has 1 aliphatic rings. The van der Waals surface area contributed by atoms with Crippen LogP contribution in [0.1, 0.15) is 6.42 Å². The van der Waals surface area contributed by atoms with Crippen molar-refractivity contribution in [3.05, 3.63) is 18.3 Å². The van der Waals surface area contributed by atoms with E-state index in [0.29, 0.717) is 18.1 Å². The van der Waals surface area contributed by atoms with Gasteiger partial charge in [-0.15, -0.1) is 0 Å². The van der Waals surface area contributed by atoms with Crippen molar-refractivity contribution in [2.75, 3.05) is 51.8 Å². The van der Waals surface area contributed by atoms with Gasteiger partial charge in [-0.05, 0) is 19.0 Å². The summed E-state index contributed by atoms with van der Waals surface area (Å²) in [5, 5.41) is 5.10. The average Bonchev–Trinajstić information content (AvgIpc) is 2.60. The first-order valence-corrected chi connectivity index (χ1v) is 7.58. The molecule has 126 valence electrons. The maximum atomic E-state index is 11.8. The summed E-state index contributed by atoms with van der Waals surface area (Å²) in [4.78, 5) is 29.7. The van der Waals surface area contributed by atoms with Crippen molar-refractivity contribution in [1.29, 1.82) is 0 Å². The van der Waals surface area contributed by atoms with E-state index in [4.69, 9.17) is 9.47 Å². The number of carbonyl (C=O) groups is 2. The normalized spacial score (nSPS) is 15.0. The highest BCUT2D eigenvalue weighted by Gasteiger charge is 2.14. The molecule has 8 heteroatoms. The molecule has 0 aromatic carbocycles. The van der Waals surface area contributed by atoms with E-state index in [2.05, 4.69) is 20.5 Å². The molecule has 0 saturated carbocycles. The minimum Gasteiger partial charge on any atom is -0.481 e. The second kappa shape index (κ2) is 9.06. The Labute approximate surface area is 135 Å². The molecule has 0 atom stereocenters. The van der Waals surface area contributed by atoms with Crippen LogP contribution in [0.2, 0.25) is 0 Å². The molecule has 2 amide bonds. The number of methoxy groups -OCH3 is 1. The molecule has 0 aliphatic carbocycles. The van der Waals surface area contributed by atoms with Crippen molar-refractivity contribution < 1.29 is 19.1 Å². The Morgan fingerprint density at radius 3 is 2.74 bits per heavy atom. The van der Waals surface area contributed by atoms with Gasteiger partial charge in [0, 0.05) is 25.7 Å². The van der Waals surface area contributed by atoms with E-state index in [0.717, 1.165) is 39.3 Å². The highest BCUT2D eigenvalue weighted by Crippen LogP contribution is 2.10. The molecule has 0 bridgehead atoms. The monoisotopic (exact) mass is 322 g/mol. The van der Waals surface area contributed by atoms with Crippen LogP contribution < -0.4 is 15.4 Å². The lowest BCUT2D eigenvalue weighted by atomic mass is 10.3. The molecule has 0 spiro atoms. The number of anilines is 1. The number of morpholine rings is 1. The molecule has 1 aliphatic heterocycles. The summed E-state index contributed by atoms with van der Waals surface area (Å²) in [7, 11) is 1.50. The zero-order valence-corrected chi connectivity index (χ0v) is 13.2. The standard InChI is InChI=1S/C15H22N4O4/c1-22-13-4-3-12(11-17-13)18-15(21)14(20)16-5-2-6-19-7-9-23-10-8-19/h3-4,11H,2,5-10H2,1H3,(H,16,20)(H,18,21). The number of aromatic nitrogens is 1. The lowest BCUT2D eigenvalue weighted by Gasteiger charge is -2.26. The molecule has 0 radical (unpaired) electrons. The topological polar surface area (TPSA) is 92.8 Å². The van der Waals surface area contributed by atoms with Gasteiger partial charge in [0.25, 0.3) is 0 Å². The summed E-state index contributed by atoms with van der Waals surface area (Å²) >= 11 is 0. The lowest BCUT2D eigenvalue weighted by Crippen LogP contribution is -2.39. The third-order valence-electron chi connectivity index (χ3n) is 3.45. The number of hydrogen-bond acceptors (Lipinski definition) is 6. The molecule has 2 heterocycles. The Hall–Kier alpha value is -2.19. The van der Waals surface area contributed by atoms with E-state index in [1.54, 1.807) is 12.1 Å². The Morgan fingerprint density at radius 2 is 2.09 bits per heavy atom. The molecule has 1 aromatic heterocycles. The van der Waals surface area contributed by atoms with Crippen molar-refractivity contribution in [3.8, 4) is 5.88 Å². The number of carbonyl (C=O) groups excluding carboxylic acids is 2. The van der Waals surface area contributed by atoms with Crippen LogP contribution in [0.4, 0.5) is 5.69 Å². The van der Waals surface area contributed by atoms with Gasteiger partial charge in [-0.25, -0.2) is 4.98 Å². The van der Waals surface area contributed by atoms with Crippen LogP contribution in [-0.2, 0) is 14.3 Å². The van der Waals surface area contributed by atoms with Crippen LogP contribution in [0.15, 0.2) is 18.3 Å². The number of pyridine rings is 1. The van der Waals surface area contributed by atoms with E-state index in [9.17, 15) is 9.59 Å². The second-order valence-corrected chi connectivity index (χ2v) is 5.11. The quantitative estimate of drug-likeness (QED) is 0.560. The number of rotatable bonds is 6. The number of hydrogen-bond donors (Lipinski definition) is 2. The molecule has 2 rings (SSSR count). The number of nitrogens with one attached hydrogen (secondary N) is 2. The molecule has 1 aromatic rings. The molecule has 8 nitrogen and oxygen atoms in total. The Kier molecular flexibility index (Phi) is 6.76. The van der Waals surface area contributed by atoms with Gasteiger partial charge in [0.05, 0.1) is 32.2 Å². The number of amides is 2. The van der Waals surface area contributed by atoms with Crippen molar-refractivity contribution in [1.82, 2.24) is 15.2 Å². The van der Waals surface area contributed by atoms with Crippen LogP contribution in [0.25, 0.3) is 0 Å². The highest BCUT2D eigenvalue weighted by atomic mass is 16.5. The first-order valence-electron chi connectivity index (χ1n) is 7.58. The largest absolute Gasteiger partial charge is 0.481 e. The van der Waals surface area contributed by atoms with E-state index in [1.165, 1.54) is 13.3 Å². The first kappa shape index (κ1) is 17.2. The predicted molar refractivity (Wildman–Crippen MR) is 84.3 cm³/mol. The Morgan fingerprint density at radius 1 is 1.30 bits per heavy atom. The van der Waals surface area contributed by atoms with Crippen molar-refractivity contribution in [2.45, 2.75) is 6.42 Å². The minimum absolute atomic E-state index is 0.440. The maximum absolute atomic E-state index is 11.8. The van der Waals surface area contributed by atoms with Gasteiger partial charge < -0.3 is 20.1 Å². The molecule has 2 N–H and O–H groups in total. The fourth-order valence-electron chi connectivity index (χ4n) is 2.17. The minimum atomic E-state index is -0.705. The zero-order chi connectivity index (χ0) is 16.5. The molecule has 23 heavy (non-hydrogen) atoms. The van der Waals surface area contributed by atoms with E-state index >= 15 is 0 Å². The van der Waals surface area contributed by atoms with Crippen LogP contribution in [0.5, 0.6) is 5.88 Å². The van der Waals surface area contributed by atoms with Crippen molar-refractivity contribution in [2.24, 2.45) is 0 Å². The third kappa shape index (κ3) is 5.84. The van der Waals surface area contributed by atoms with Gasteiger partial charge in [0.2, 0.25) is 5.88 Å². The van der Waals surface area contributed by atoms with E-state index < -0.39 is 11.8 Å². The molecule has 1 fully saturated rings. The van der Waals surface area contributed by atoms with Gasteiger partial charge in [0.1, 0.15) is 0 Å². The van der Waals surface area contributed by atoms with Gasteiger partial charge in [-0.3, -0.25) is 14.5 Å². The van der Waals surface area contributed by atoms with Gasteiger partial charge >= 0.3 is 11.8 Å². The van der Waals surface area contributed by atoms with Crippen LogP contribution in [-0.4, -0.2) is 68.2 Å². The Balaban J connectivity index is 1.64. The summed E-state index contributed by atoms with van der Waals surface area (Å²) in [5.41, 5.74) is 0.444. The van der Waals surface area contributed by atoms with Crippen LogP contribution in [0.3, 0.4) is 0 Å². The summed E-state index contributed by atoms with van der Waals surface area (Å²) in [6.07, 6.45) is 2.23. The van der Waals surface area contributed by atoms with Crippen molar-refractivity contribution >= 4 is 17.5 Å². The fraction of sp³-hybridized carbons (Fsp3) is 0.533. The molecule has 0 unspecified atom stereocenters. The predicted octanol–water partition coefficient (Wildman–Crippen LogP) is -0.133. The number of ether oxygens (including phenoxy) is 2. The molecule has 1 saturated heterocycles. The van der Waals surface area contributed by atoms with Crippen LogP contribution in [0, 0.1) is 0 Å². The zero-order valence-electron chi connectivity index (χ0n) is 13.2. The van der Waals surface area contributed by atoms with Crippen LogP contribution >= 0.6 is 0 Å². The Bertz CT molecular complexity index is 515. The van der Waals surface area contributed by atoms with Crippen molar-refractivity contribution in [3.63, 3.8) is 0 Å². The smallest absolute Gasteiger partial charge is 0.313 e. The SMILES string of the molecule is COc1ccc(NC(=O)C(=O)NCCCN2CCOCC2)cn1. The van der Waals surface area contributed by atoms with Gasteiger partial charge in [-0.1, -0.05) is 0 Å². The fourth-order valence-corrected chi connectivity index (χ4v) is 2.17. The van der Waals surface area contributed by atoms with E-state index in [-0.39, 0.29) is 0 Å². The van der Waals surface area contributed by atoms with E-state index in [1.807, 2.05) is 0 Å². The molecular weight excluding hydrogens is 300 g/mol. The third-order valence-corrected chi connectivity index (χ3v) is 3.45.